The lowest BCUT2D eigenvalue weighted by molar-refractivity contribution is -0.132. The number of carbonyl (C=O) groups is 3. The Morgan fingerprint density at radius 3 is 2.41 bits per heavy atom. The van der Waals surface area contributed by atoms with Crippen molar-refractivity contribution in [2.45, 2.75) is 26.7 Å². The predicted octanol–water partition coefficient (Wildman–Crippen LogP) is 1.67. The number of rotatable bonds is 6. The fourth-order valence-corrected chi connectivity index (χ4v) is 2.81. The minimum absolute atomic E-state index is 0.0243. The van der Waals surface area contributed by atoms with E-state index >= 15 is 0 Å². The van der Waals surface area contributed by atoms with Gasteiger partial charge in [0, 0.05) is 26.2 Å². The van der Waals surface area contributed by atoms with Gasteiger partial charge in [-0.15, -0.1) is 0 Å². The van der Waals surface area contributed by atoms with Crippen molar-refractivity contribution in [2.75, 3.05) is 39.3 Å². The average Bonchev–Trinajstić information content (AvgIpc) is 2.91. The van der Waals surface area contributed by atoms with Crippen LogP contribution in [0.25, 0.3) is 0 Å². The molecule has 27 heavy (non-hydrogen) atoms. The molecule has 1 fully saturated rings. The molecule has 0 aromatic heterocycles. The SMILES string of the molecule is CC(C)COC(=O)N1CCCN(C(=O)CNC(=O)Cc2ccccc2)CC1. The number of nitrogens with zero attached hydrogens (tertiary/aromatic N) is 2. The van der Waals surface area contributed by atoms with Crippen LogP contribution in [0.1, 0.15) is 25.8 Å². The van der Waals surface area contributed by atoms with Gasteiger partial charge in [0.05, 0.1) is 19.6 Å². The first-order valence-electron chi connectivity index (χ1n) is 9.46. The average molecular weight is 375 g/mol. The molecule has 1 heterocycles. The Balaban J connectivity index is 1.73. The molecule has 2 rings (SSSR count). The Bertz CT molecular complexity index is 633. The summed E-state index contributed by atoms with van der Waals surface area (Å²) in [4.78, 5) is 39.8. The molecule has 0 unspecified atom stereocenters. The molecule has 3 amide bonds. The predicted molar refractivity (Wildman–Crippen MR) is 102 cm³/mol. The van der Waals surface area contributed by atoms with E-state index in [1.165, 1.54) is 0 Å². The summed E-state index contributed by atoms with van der Waals surface area (Å²) < 4.78 is 5.26. The molecule has 0 aliphatic carbocycles. The molecule has 1 aromatic rings. The Labute approximate surface area is 160 Å². The molecule has 0 spiro atoms. The van der Waals surface area contributed by atoms with Crippen LogP contribution in [-0.4, -0.2) is 67.0 Å². The standard InChI is InChI=1S/C20H29N3O4/c1-16(2)15-27-20(26)23-10-6-9-22(11-12-23)19(25)14-21-18(24)13-17-7-4-3-5-8-17/h3-5,7-8,16H,6,9-15H2,1-2H3,(H,21,24). The van der Waals surface area contributed by atoms with Gasteiger partial charge in [-0.3, -0.25) is 9.59 Å². The normalized spacial score (nSPS) is 14.6. The zero-order valence-corrected chi connectivity index (χ0v) is 16.1. The molecule has 1 aliphatic heterocycles. The largest absolute Gasteiger partial charge is 0.449 e. The molecule has 1 aliphatic rings. The second kappa shape index (κ2) is 10.5. The minimum Gasteiger partial charge on any atom is -0.449 e. The fourth-order valence-electron chi connectivity index (χ4n) is 2.81. The summed E-state index contributed by atoms with van der Waals surface area (Å²) >= 11 is 0. The zero-order chi connectivity index (χ0) is 19.6. The topological polar surface area (TPSA) is 79.0 Å². The second-order valence-electron chi connectivity index (χ2n) is 7.13. The summed E-state index contributed by atoms with van der Waals surface area (Å²) in [6.45, 7) is 6.38. The summed E-state index contributed by atoms with van der Waals surface area (Å²) in [7, 11) is 0. The third kappa shape index (κ3) is 7.29. The maximum atomic E-state index is 12.4. The van der Waals surface area contributed by atoms with Gasteiger partial charge >= 0.3 is 6.09 Å². The van der Waals surface area contributed by atoms with Crippen molar-refractivity contribution in [3.05, 3.63) is 35.9 Å². The van der Waals surface area contributed by atoms with Crippen LogP contribution in [0.5, 0.6) is 0 Å². The number of hydrogen-bond donors (Lipinski definition) is 1. The van der Waals surface area contributed by atoms with Crippen molar-refractivity contribution in [1.29, 1.82) is 0 Å². The van der Waals surface area contributed by atoms with E-state index in [-0.39, 0.29) is 30.9 Å². The molecule has 0 saturated carbocycles. The van der Waals surface area contributed by atoms with E-state index in [0.29, 0.717) is 45.1 Å². The molecule has 1 N–H and O–H groups in total. The van der Waals surface area contributed by atoms with Crippen LogP contribution in [0, 0.1) is 5.92 Å². The van der Waals surface area contributed by atoms with E-state index in [1.807, 2.05) is 44.2 Å². The molecular formula is C20H29N3O4. The molecule has 0 bridgehead atoms. The van der Waals surface area contributed by atoms with Gasteiger partial charge in [0.15, 0.2) is 0 Å². The first-order chi connectivity index (χ1) is 13.0. The Morgan fingerprint density at radius 2 is 1.70 bits per heavy atom. The van der Waals surface area contributed by atoms with Crippen molar-refractivity contribution < 1.29 is 19.1 Å². The third-order valence-electron chi connectivity index (χ3n) is 4.29. The number of nitrogens with one attached hydrogen (secondary N) is 1. The number of hydrogen-bond acceptors (Lipinski definition) is 4. The van der Waals surface area contributed by atoms with Gasteiger partial charge in [-0.2, -0.15) is 0 Å². The van der Waals surface area contributed by atoms with Crippen molar-refractivity contribution in [3.8, 4) is 0 Å². The maximum absolute atomic E-state index is 12.4. The second-order valence-corrected chi connectivity index (χ2v) is 7.13. The molecular weight excluding hydrogens is 346 g/mol. The Kier molecular flexibility index (Phi) is 8.10. The van der Waals surface area contributed by atoms with Gasteiger partial charge in [0.2, 0.25) is 11.8 Å². The van der Waals surface area contributed by atoms with Gasteiger partial charge in [-0.05, 0) is 17.9 Å². The van der Waals surface area contributed by atoms with Crippen LogP contribution >= 0.6 is 0 Å². The van der Waals surface area contributed by atoms with Crippen molar-refractivity contribution in [1.82, 2.24) is 15.1 Å². The lowest BCUT2D eigenvalue weighted by Crippen LogP contribution is -2.42. The molecule has 7 nitrogen and oxygen atoms in total. The highest BCUT2D eigenvalue weighted by Gasteiger charge is 2.23. The number of ether oxygens (including phenoxy) is 1. The van der Waals surface area contributed by atoms with Crippen LogP contribution in [0.2, 0.25) is 0 Å². The summed E-state index contributed by atoms with van der Waals surface area (Å²) in [5, 5.41) is 2.68. The van der Waals surface area contributed by atoms with Gasteiger partial charge in [0.25, 0.3) is 0 Å². The van der Waals surface area contributed by atoms with Crippen LogP contribution in [0.3, 0.4) is 0 Å². The number of benzene rings is 1. The number of amides is 3. The highest BCUT2D eigenvalue weighted by molar-refractivity contribution is 5.85. The minimum atomic E-state index is -0.325. The summed E-state index contributed by atoms with van der Waals surface area (Å²) in [6, 6.07) is 9.41. The molecule has 1 saturated heterocycles. The zero-order valence-electron chi connectivity index (χ0n) is 16.1. The van der Waals surface area contributed by atoms with Gasteiger partial charge in [0.1, 0.15) is 0 Å². The van der Waals surface area contributed by atoms with E-state index in [2.05, 4.69) is 5.32 Å². The summed E-state index contributed by atoms with van der Waals surface area (Å²) in [6.07, 6.45) is 0.624. The van der Waals surface area contributed by atoms with Gasteiger partial charge < -0.3 is 19.9 Å². The van der Waals surface area contributed by atoms with E-state index in [4.69, 9.17) is 4.74 Å². The molecule has 1 aromatic carbocycles. The van der Waals surface area contributed by atoms with E-state index in [0.717, 1.165) is 5.56 Å². The molecule has 148 valence electrons. The molecule has 7 heteroatoms. The summed E-state index contributed by atoms with van der Waals surface area (Å²) in [5.41, 5.74) is 0.910. The molecule has 0 atom stereocenters. The smallest absolute Gasteiger partial charge is 0.409 e. The van der Waals surface area contributed by atoms with Crippen LogP contribution in [0.4, 0.5) is 4.79 Å². The Morgan fingerprint density at radius 1 is 1.04 bits per heavy atom. The monoisotopic (exact) mass is 375 g/mol. The quantitative estimate of drug-likeness (QED) is 0.820. The van der Waals surface area contributed by atoms with Crippen molar-refractivity contribution >= 4 is 17.9 Å². The Hall–Kier alpha value is -2.57. The van der Waals surface area contributed by atoms with Crippen LogP contribution in [0.15, 0.2) is 30.3 Å². The van der Waals surface area contributed by atoms with Crippen molar-refractivity contribution in [2.24, 2.45) is 5.92 Å². The third-order valence-corrected chi connectivity index (χ3v) is 4.29. The van der Waals surface area contributed by atoms with Crippen molar-refractivity contribution in [3.63, 3.8) is 0 Å². The van der Waals surface area contributed by atoms with Crippen LogP contribution in [-0.2, 0) is 20.7 Å². The fraction of sp³-hybridized carbons (Fsp3) is 0.550. The highest BCUT2D eigenvalue weighted by atomic mass is 16.6. The first kappa shape index (κ1) is 20.7. The highest BCUT2D eigenvalue weighted by Crippen LogP contribution is 2.06. The van der Waals surface area contributed by atoms with Gasteiger partial charge in [-0.1, -0.05) is 44.2 Å². The first-order valence-corrected chi connectivity index (χ1v) is 9.46. The molecule has 0 radical (unpaired) electrons. The van der Waals surface area contributed by atoms with Gasteiger partial charge in [-0.25, -0.2) is 4.79 Å². The van der Waals surface area contributed by atoms with E-state index in [1.54, 1.807) is 9.80 Å². The number of carbonyl (C=O) groups excluding carboxylic acids is 3. The maximum Gasteiger partial charge on any atom is 0.409 e. The lowest BCUT2D eigenvalue weighted by Gasteiger charge is -2.22. The summed E-state index contributed by atoms with van der Waals surface area (Å²) in [5.74, 6) is -0.0180. The van der Waals surface area contributed by atoms with Crippen LogP contribution < -0.4 is 5.32 Å². The van der Waals surface area contributed by atoms with E-state index in [9.17, 15) is 14.4 Å². The lowest BCUT2D eigenvalue weighted by atomic mass is 10.1. The van der Waals surface area contributed by atoms with E-state index < -0.39 is 0 Å².